The number of phosphoric acid groups is 2. The average Bonchev–Trinajstić information content (AvgIpc) is 1.49. The second kappa shape index (κ2) is 70.6. The van der Waals surface area contributed by atoms with Crippen molar-refractivity contribution in [1.29, 1.82) is 0 Å². The molecule has 3 unspecified atom stereocenters. The lowest BCUT2D eigenvalue weighted by Gasteiger charge is -2.21. The molecule has 0 fully saturated rings. The number of ether oxygens (including phenoxy) is 4. The highest BCUT2D eigenvalue weighted by Crippen LogP contribution is 2.45. The number of carbonyl (C=O) groups excluding carboxylic acids is 4. The number of aliphatic hydroxyl groups excluding tert-OH is 1. The van der Waals surface area contributed by atoms with Crippen LogP contribution in [0.5, 0.6) is 0 Å². The van der Waals surface area contributed by atoms with Crippen molar-refractivity contribution in [1.82, 2.24) is 0 Å². The predicted octanol–water partition coefficient (Wildman–Crippen LogP) is 22.8. The Hall–Kier alpha value is -2.46. The molecule has 572 valence electrons. The van der Waals surface area contributed by atoms with Crippen molar-refractivity contribution in [2.24, 2.45) is 5.92 Å². The number of hydrogen-bond donors (Lipinski definition) is 3. The van der Waals surface area contributed by atoms with Gasteiger partial charge in [0.1, 0.15) is 19.3 Å². The Bertz CT molecular complexity index is 1950. The summed E-state index contributed by atoms with van der Waals surface area (Å²) in [6.45, 7) is 7.22. The van der Waals surface area contributed by atoms with Crippen LogP contribution in [0.2, 0.25) is 0 Å². The van der Waals surface area contributed by atoms with E-state index < -0.39 is 97.5 Å². The maximum atomic E-state index is 13.1. The first-order chi connectivity index (χ1) is 47.1. The van der Waals surface area contributed by atoms with Crippen LogP contribution in [0, 0.1) is 5.92 Å². The van der Waals surface area contributed by atoms with E-state index in [-0.39, 0.29) is 25.7 Å². The lowest BCUT2D eigenvalue weighted by molar-refractivity contribution is -0.161. The molecule has 0 spiro atoms. The van der Waals surface area contributed by atoms with E-state index in [1.807, 2.05) is 0 Å². The zero-order valence-electron chi connectivity index (χ0n) is 62.7. The molecule has 0 rings (SSSR count). The number of carbonyl (C=O) groups is 4. The summed E-state index contributed by atoms with van der Waals surface area (Å²) < 4.78 is 68.5. The van der Waals surface area contributed by atoms with Crippen molar-refractivity contribution in [2.75, 3.05) is 39.6 Å². The van der Waals surface area contributed by atoms with Crippen LogP contribution in [-0.4, -0.2) is 96.7 Å². The zero-order chi connectivity index (χ0) is 71.2. The van der Waals surface area contributed by atoms with Crippen LogP contribution in [0.15, 0.2) is 24.3 Å². The van der Waals surface area contributed by atoms with Gasteiger partial charge in [-0.25, -0.2) is 9.13 Å². The summed E-state index contributed by atoms with van der Waals surface area (Å²) in [5, 5.41) is 10.6. The van der Waals surface area contributed by atoms with Crippen LogP contribution in [0.4, 0.5) is 0 Å². The lowest BCUT2D eigenvalue weighted by atomic mass is 9.99. The molecule has 0 saturated carbocycles. The van der Waals surface area contributed by atoms with Gasteiger partial charge in [0.15, 0.2) is 12.2 Å². The van der Waals surface area contributed by atoms with E-state index in [9.17, 15) is 43.2 Å². The maximum Gasteiger partial charge on any atom is 0.472 e. The van der Waals surface area contributed by atoms with Crippen molar-refractivity contribution in [3.8, 4) is 0 Å². The van der Waals surface area contributed by atoms with E-state index >= 15 is 0 Å². The molecule has 0 aromatic carbocycles. The van der Waals surface area contributed by atoms with Gasteiger partial charge in [-0.2, -0.15) is 0 Å². The number of phosphoric ester groups is 2. The Morgan fingerprint density at radius 3 is 0.876 bits per heavy atom. The van der Waals surface area contributed by atoms with Gasteiger partial charge in [0, 0.05) is 25.7 Å². The smallest absolute Gasteiger partial charge is 0.462 e. The third-order valence-corrected chi connectivity index (χ3v) is 19.9. The molecular formula is C78H148O17P2. The summed E-state index contributed by atoms with van der Waals surface area (Å²) in [5.74, 6) is -1.38. The van der Waals surface area contributed by atoms with Gasteiger partial charge in [0.25, 0.3) is 0 Å². The second-order valence-electron chi connectivity index (χ2n) is 27.7. The Morgan fingerprint density at radius 1 is 0.330 bits per heavy atom. The number of esters is 4. The van der Waals surface area contributed by atoms with Crippen LogP contribution < -0.4 is 0 Å². The Morgan fingerprint density at radius 2 is 0.577 bits per heavy atom. The van der Waals surface area contributed by atoms with E-state index in [0.29, 0.717) is 25.7 Å². The van der Waals surface area contributed by atoms with E-state index in [1.165, 1.54) is 193 Å². The van der Waals surface area contributed by atoms with Crippen LogP contribution in [0.1, 0.15) is 388 Å². The molecule has 3 N–H and O–H groups in total. The van der Waals surface area contributed by atoms with Gasteiger partial charge in [0.2, 0.25) is 0 Å². The largest absolute Gasteiger partial charge is 0.472 e. The molecule has 0 aliphatic carbocycles. The fourth-order valence-electron chi connectivity index (χ4n) is 11.5. The van der Waals surface area contributed by atoms with Gasteiger partial charge in [-0.3, -0.25) is 37.3 Å². The first kappa shape index (κ1) is 94.5. The molecule has 6 atom stereocenters. The minimum Gasteiger partial charge on any atom is -0.462 e. The standard InChI is InChI=1S/C78H148O17P2/c1-6-10-13-16-19-22-25-27-29-30-31-32-33-35-37-39-42-48-53-58-63-77(82)94-73(67-89-76(81)62-57-52-47-41-38-36-34-28-26-23-20-17-14-11-7-2)69-92-96(84,85)90-65-72(79)66-91-97(86,87)93-70-74(68-88-75(80)61-56-51-46-40-24-21-18-15-12-8-3)95-78(83)64-59-54-49-44-43-45-50-55-60-71(5)9-4/h23,26,28,34,71-74,79H,6-22,24-25,27,29-33,35-70H2,1-5H3,(H,84,85)(H,86,87)/b26-23-,34-28-/t71?,72-,73-,74-/m1/s1. The van der Waals surface area contributed by atoms with E-state index in [0.717, 1.165) is 115 Å². The van der Waals surface area contributed by atoms with Crippen LogP contribution in [0.3, 0.4) is 0 Å². The molecule has 0 aromatic rings. The fourth-order valence-corrected chi connectivity index (χ4v) is 13.1. The van der Waals surface area contributed by atoms with Crippen molar-refractivity contribution >= 4 is 39.5 Å². The molecule has 0 heterocycles. The highest BCUT2D eigenvalue weighted by Gasteiger charge is 2.30. The number of aliphatic hydroxyl groups is 1. The first-order valence-electron chi connectivity index (χ1n) is 40.0. The summed E-state index contributed by atoms with van der Waals surface area (Å²) in [5.41, 5.74) is 0. The van der Waals surface area contributed by atoms with Crippen LogP contribution >= 0.6 is 15.6 Å². The van der Waals surface area contributed by atoms with Crippen molar-refractivity contribution in [3.63, 3.8) is 0 Å². The van der Waals surface area contributed by atoms with Gasteiger partial charge >= 0.3 is 39.5 Å². The van der Waals surface area contributed by atoms with Crippen molar-refractivity contribution < 1.29 is 80.2 Å². The third kappa shape index (κ3) is 70.4. The maximum absolute atomic E-state index is 13.1. The van der Waals surface area contributed by atoms with E-state index in [4.69, 9.17) is 37.0 Å². The molecule has 0 aliphatic rings. The first-order valence-corrected chi connectivity index (χ1v) is 43.0. The Kier molecular flexibility index (Phi) is 68.8. The van der Waals surface area contributed by atoms with Crippen molar-refractivity contribution in [2.45, 2.75) is 406 Å². The highest BCUT2D eigenvalue weighted by atomic mass is 31.2. The normalized spacial score (nSPS) is 14.4. The molecule has 0 amide bonds. The van der Waals surface area contributed by atoms with Crippen LogP contribution in [0.25, 0.3) is 0 Å². The number of allylic oxidation sites excluding steroid dienone is 4. The fraction of sp³-hybridized carbons (Fsp3) is 0.897. The molecular weight excluding hydrogens is 1270 g/mol. The quantitative estimate of drug-likeness (QED) is 0.0169. The zero-order valence-corrected chi connectivity index (χ0v) is 64.5. The summed E-state index contributed by atoms with van der Waals surface area (Å²) in [7, 11) is -9.92. The van der Waals surface area contributed by atoms with Gasteiger partial charge < -0.3 is 33.8 Å². The molecule has 0 saturated heterocycles. The monoisotopic (exact) mass is 1420 g/mol. The van der Waals surface area contributed by atoms with Gasteiger partial charge in [-0.05, 0) is 57.3 Å². The molecule has 19 heteroatoms. The SMILES string of the molecule is CCCCCC/C=C\C=C/CCCCCCCC(=O)OC[C@H](COP(=O)(O)OC[C@@H](O)COP(=O)(O)OC[C@@H](COC(=O)CCCCCCCCCCCC)OC(=O)CCCCCCCCCCC(C)CC)OC(=O)CCCCCCCCCCCCCCCCCCCCCC. The number of unbranched alkanes of at least 4 members (excludes halogenated alkanes) is 44. The van der Waals surface area contributed by atoms with Gasteiger partial charge in [-0.15, -0.1) is 0 Å². The summed E-state index contributed by atoms with van der Waals surface area (Å²) >= 11 is 0. The molecule has 0 aromatic heterocycles. The Labute approximate surface area is 592 Å². The summed E-state index contributed by atoms with van der Waals surface area (Å²) in [6.07, 6.45) is 63.2. The molecule has 0 radical (unpaired) electrons. The average molecular weight is 1420 g/mol. The molecule has 17 nitrogen and oxygen atoms in total. The third-order valence-electron chi connectivity index (χ3n) is 18.0. The summed E-state index contributed by atoms with van der Waals surface area (Å²) in [6, 6.07) is 0. The Balaban J connectivity index is 5.26. The molecule has 0 bridgehead atoms. The minimum atomic E-state index is -4.97. The van der Waals surface area contributed by atoms with E-state index in [1.54, 1.807) is 0 Å². The van der Waals surface area contributed by atoms with Crippen LogP contribution in [-0.2, 0) is 65.4 Å². The number of rotatable bonds is 76. The second-order valence-corrected chi connectivity index (χ2v) is 30.6. The minimum absolute atomic E-state index is 0.102. The predicted molar refractivity (Wildman–Crippen MR) is 395 cm³/mol. The summed E-state index contributed by atoms with van der Waals surface area (Å²) in [4.78, 5) is 72.8. The lowest BCUT2D eigenvalue weighted by Crippen LogP contribution is -2.30. The van der Waals surface area contributed by atoms with Crippen molar-refractivity contribution in [3.05, 3.63) is 24.3 Å². The van der Waals surface area contributed by atoms with E-state index in [2.05, 4.69) is 58.9 Å². The van der Waals surface area contributed by atoms with Gasteiger partial charge in [-0.1, -0.05) is 335 Å². The molecule has 97 heavy (non-hydrogen) atoms. The number of hydrogen-bond acceptors (Lipinski definition) is 15. The highest BCUT2D eigenvalue weighted by molar-refractivity contribution is 7.47. The molecule has 0 aliphatic heterocycles. The topological polar surface area (TPSA) is 237 Å². The van der Waals surface area contributed by atoms with Gasteiger partial charge in [0.05, 0.1) is 26.4 Å².